The van der Waals surface area contributed by atoms with Crippen molar-refractivity contribution in [2.24, 2.45) is 5.73 Å². The van der Waals surface area contributed by atoms with Crippen LogP contribution in [0.1, 0.15) is 23.1 Å². The highest BCUT2D eigenvalue weighted by molar-refractivity contribution is 9.08. The van der Waals surface area contributed by atoms with Gasteiger partial charge in [0.25, 0.3) is 0 Å². The van der Waals surface area contributed by atoms with Gasteiger partial charge in [0.15, 0.2) is 0 Å². The zero-order valence-electron chi connectivity index (χ0n) is 11.4. The molecule has 0 fully saturated rings. The van der Waals surface area contributed by atoms with Crippen molar-refractivity contribution in [2.75, 3.05) is 6.54 Å². The summed E-state index contributed by atoms with van der Waals surface area (Å²) < 4.78 is 0. The topological polar surface area (TPSA) is 26.0 Å². The number of nitrogens with two attached hydrogens (primary N) is 1. The maximum Gasteiger partial charge on any atom is 0.0285 e. The predicted octanol–water partition coefficient (Wildman–Crippen LogP) is 5.03. The molecule has 3 heteroatoms. The molecule has 0 heterocycles. The van der Waals surface area contributed by atoms with Crippen LogP contribution in [-0.4, -0.2) is 6.54 Å². The second kappa shape index (κ2) is 7.96. The molecule has 106 valence electrons. The molecule has 2 aromatic carbocycles. The SMILES string of the molecule is NCCCc1cc(-c2ccc(CBr)cc2)ccc1CBr. The summed E-state index contributed by atoms with van der Waals surface area (Å²) in [6.07, 6.45) is 2.08. The van der Waals surface area contributed by atoms with Crippen LogP contribution in [0.5, 0.6) is 0 Å². The average molecular weight is 397 g/mol. The molecule has 20 heavy (non-hydrogen) atoms. The average Bonchev–Trinajstić information content (AvgIpc) is 2.52. The third kappa shape index (κ3) is 3.94. The number of halogens is 2. The Bertz CT molecular complexity index is 549. The lowest BCUT2D eigenvalue weighted by Gasteiger charge is -2.10. The Morgan fingerprint density at radius 2 is 1.50 bits per heavy atom. The maximum absolute atomic E-state index is 5.63. The van der Waals surface area contributed by atoms with Crippen molar-refractivity contribution >= 4 is 31.9 Å². The minimum Gasteiger partial charge on any atom is -0.330 e. The molecule has 0 saturated carbocycles. The van der Waals surface area contributed by atoms with E-state index in [1.165, 1.54) is 27.8 Å². The van der Waals surface area contributed by atoms with Crippen LogP contribution in [0.25, 0.3) is 11.1 Å². The molecule has 0 saturated heterocycles. The monoisotopic (exact) mass is 395 g/mol. The molecule has 2 aromatic rings. The van der Waals surface area contributed by atoms with Crippen LogP contribution < -0.4 is 5.73 Å². The number of rotatable bonds is 6. The van der Waals surface area contributed by atoms with E-state index in [4.69, 9.17) is 5.73 Å². The van der Waals surface area contributed by atoms with E-state index in [2.05, 4.69) is 74.3 Å². The van der Waals surface area contributed by atoms with Gasteiger partial charge in [-0.2, -0.15) is 0 Å². The molecule has 0 unspecified atom stereocenters. The first-order valence-corrected chi connectivity index (χ1v) is 9.06. The molecule has 0 bridgehead atoms. The Labute approximate surface area is 137 Å². The summed E-state index contributed by atoms with van der Waals surface area (Å²) in [4.78, 5) is 0. The van der Waals surface area contributed by atoms with Gasteiger partial charge in [0.05, 0.1) is 0 Å². The summed E-state index contributed by atoms with van der Waals surface area (Å²) in [5, 5.41) is 1.80. The van der Waals surface area contributed by atoms with Gasteiger partial charge in [-0.25, -0.2) is 0 Å². The number of aryl methyl sites for hydroxylation is 1. The van der Waals surface area contributed by atoms with Crippen LogP contribution in [0.3, 0.4) is 0 Å². The fourth-order valence-electron chi connectivity index (χ4n) is 2.25. The Morgan fingerprint density at radius 3 is 2.10 bits per heavy atom. The van der Waals surface area contributed by atoms with Crippen LogP contribution in [0.4, 0.5) is 0 Å². The second-order valence-electron chi connectivity index (χ2n) is 4.84. The van der Waals surface area contributed by atoms with Gasteiger partial charge in [-0.15, -0.1) is 0 Å². The summed E-state index contributed by atoms with van der Waals surface area (Å²) in [7, 11) is 0. The molecule has 0 aliphatic heterocycles. The van der Waals surface area contributed by atoms with Crippen molar-refractivity contribution < 1.29 is 0 Å². The summed E-state index contributed by atoms with van der Waals surface area (Å²) in [6.45, 7) is 0.742. The van der Waals surface area contributed by atoms with Gasteiger partial charge in [-0.1, -0.05) is 74.3 Å². The van der Waals surface area contributed by atoms with Crippen LogP contribution in [-0.2, 0) is 17.1 Å². The van der Waals surface area contributed by atoms with E-state index >= 15 is 0 Å². The normalized spacial score (nSPS) is 10.8. The van der Waals surface area contributed by atoms with Gasteiger partial charge >= 0.3 is 0 Å². The molecule has 0 atom stereocenters. The zero-order chi connectivity index (χ0) is 14.4. The minimum absolute atomic E-state index is 0.742. The summed E-state index contributed by atoms with van der Waals surface area (Å²) in [6, 6.07) is 15.4. The number of alkyl halides is 2. The Balaban J connectivity index is 2.30. The third-order valence-electron chi connectivity index (χ3n) is 3.44. The Kier molecular flexibility index (Phi) is 6.27. The molecule has 0 radical (unpaired) electrons. The number of hydrogen-bond acceptors (Lipinski definition) is 1. The van der Waals surface area contributed by atoms with E-state index < -0.39 is 0 Å². The van der Waals surface area contributed by atoms with Gasteiger partial charge in [0, 0.05) is 10.7 Å². The second-order valence-corrected chi connectivity index (χ2v) is 5.96. The fourth-order valence-corrected chi connectivity index (χ4v) is 3.17. The zero-order valence-corrected chi connectivity index (χ0v) is 14.6. The van der Waals surface area contributed by atoms with E-state index in [1.807, 2.05) is 0 Å². The van der Waals surface area contributed by atoms with E-state index in [0.29, 0.717) is 0 Å². The van der Waals surface area contributed by atoms with Crippen LogP contribution in [0.15, 0.2) is 42.5 Å². The molecule has 2 rings (SSSR count). The largest absolute Gasteiger partial charge is 0.330 e. The molecule has 0 aliphatic rings. The van der Waals surface area contributed by atoms with Crippen molar-refractivity contribution in [2.45, 2.75) is 23.5 Å². The van der Waals surface area contributed by atoms with E-state index in [1.54, 1.807) is 0 Å². The molecular weight excluding hydrogens is 378 g/mol. The van der Waals surface area contributed by atoms with Crippen molar-refractivity contribution in [1.82, 2.24) is 0 Å². The summed E-state index contributed by atoms with van der Waals surface area (Å²) in [5.41, 5.74) is 12.2. The maximum atomic E-state index is 5.63. The van der Waals surface area contributed by atoms with E-state index in [0.717, 1.165) is 30.0 Å². The first-order chi connectivity index (χ1) is 9.78. The van der Waals surface area contributed by atoms with Gasteiger partial charge in [0.2, 0.25) is 0 Å². The number of hydrogen-bond donors (Lipinski definition) is 1. The van der Waals surface area contributed by atoms with Gasteiger partial charge in [-0.05, 0) is 47.2 Å². The molecule has 0 amide bonds. The predicted molar refractivity (Wildman–Crippen MR) is 94.5 cm³/mol. The number of benzene rings is 2. The highest BCUT2D eigenvalue weighted by Crippen LogP contribution is 2.25. The molecule has 0 aliphatic carbocycles. The molecular formula is C17H19Br2N. The summed E-state index contributed by atoms with van der Waals surface area (Å²) in [5.74, 6) is 0. The Morgan fingerprint density at radius 1 is 0.800 bits per heavy atom. The highest BCUT2D eigenvalue weighted by Gasteiger charge is 2.05. The van der Waals surface area contributed by atoms with E-state index in [9.17, 15) is 0 Å². The van der Waals surface area contributed by atoms with Crippen molar-refractivity contribution in [3.05, 3.63) is 59.2 Å². The standard InChI is InChI=1S/C17H19Br2N/c18-11-13-3-5-14(6-4-13)16-7-8-17(12-19)15(10-16)2-1-9-20/h3-8,10H,1-2,9,11-12,20H2. The van der Waals surface area contributed by atoms with Crippen molar-refractivity contribution in [3.63, 3.8) is 0 Å². The van der Waals surface area contributed by atoms with Crippen LogP contribution in [0, 0.1) is 0 Å². The first kappa shape index (κ1) is 15.7. The lowest BCUT2D eigenvalue weighted by atomic mass is 9.97. The van der Waals surface area contributed by atoms with Gasteiger partial charge < -0.3 is 5.73 Å². The Hall–Kier alpha value is -0.640. The van der Waals surface area contributed by atoms with Gasteiger partial charge in [0.1, 0.15) is 0 Å². The minimum atomic E-state index is 0.742. The highest BCUT2D eigenvalue weighted by atomic mass is 79.9. The quantitative estimate of drug-likeness (QED) is 0.680. The summed E-state index contributed by atoms with van der Waals surface area (Å²) >= 11 is 7.04. The van der Waals surface area contributed by atoms with Crippen molar-refractivity contribution in [3.8, 4) is 11.1 Å². The van der Waals surface area contributed by atoms with E-state index in [-0.39, 0.29) is 0 Å². The lowest BCUT2D eigenvalue weighted by Crippen LogP contribution is -2.02. The smallest absolute Gasteiger partial charge is 0.0285 e. The molecule has 2 N–H and O–H groups in total. The van der Waals surface area contributed by atoms with Crippen molar-refractivity contribution in [1.29, 1.82) is 0 Å². The lowest BCUT2D eigenvalue weighted by molar-refractivity contribution is 0.827. The molecule has 0 aromatic heterocycles. The third-order valence-corrected chi connectivity index (χ3v) is 4.69. The van der Waals surface area contributed by atoms with Crippen LogP contribution >= 0.6 is 31.9 Å². The first-order valence-electron chi connectivity index (χ1n) is 6.81. The fraction of sp³-hybridized carbons (Fsp3) is 0.294. The molecule has 0 spiro atoms. The molecule has 1 nitrogen and oxygen atoms in total. The van der Waals surface area contributed by atoms with Gasteiger partial charge in [-0.3, -0.25) is 0 Å². The van der Waals surface area contributed by atoms with Crippen LogP contribution in [0.2, 0.25) is 0 Å².